The topological polar surface area (TPSA) is 75.6 Å². The van der Waals surface area contributed by atoms with Gasteiger partial charge in [0.2, 0.25) is 0 Å². The number of nitrogens with one attached hydrogen (secondary N) is 2. The Kier molecular flexibility index (Phi) is 3.58. The highest BCUT2D eigenvalue weighted by Gasteiger charge is 2.04. The predicted molar refractivity (Wildman–Crippen MR) is 68.0 cm³/mol. The summed E-state index contributed by atoms with van der Waals surface area (Å²) in [7, 11) is 1.88. The fourth-order valence-corrected chi connectivity index (χ4v) is 1.77. The summed E-state index contributed by atoms with van der Waals surface area (Å²) < 4.78 is 2.18. The second kappa shape index (κ2) is 5.13. The van der Waals surface area contributed by atoms with Crippen LogP contribution >= 0.6 is 15.9 Å². The van der Waals surface area contributed by atoms with E-state index in [-0.39, 0.29) is 5.56 Å². The number of hydrogen-bond donors (Lipinski definition) is 2. The largest absolute Gasteiger partial charge is 0.369 e. The molecule has 0 spiro atoms. The lowest BCUT2D eigenvalue weighted by molar-refractivity contribution is 0.741. The van der Waals surface area contributed by atoms with Crippen LogP contribution in [0.15, 0.2) is 27.9 Å². The highest BCUT2D eigenvalue weighted by molar-refractivity contribution is 9.10. The molecule has 2 aromatic heterocycles. The van der Waals surface area contributed by atoms with Crippen molar-refractivity contribution in [1.82, 2.24) is 19.7 Å². The van der Waals surface area contributed by atoms with Crippen LogP contribution in [-0.2, 0) is 13.5 Å². The number of nitrogens with zero attached hydrogens (tertiary/aromatic N) is 3. The first-order valence-electron chi connectivity index (χ1n) is 5.12. The molecule has 0 bridgehead atoms. The fourth-order valence-electron chi connectivity index (χ4n) is 1.41. The molecule has 0 fully saturated rings. The van der Waals surface area contributed by atoms with Gasteiger partial charge in [0.25, 0.3) is 5.56 Å². The minimum atomic E-state index is -0.194. The summed E-state index contributed by atoms with van der Waals surface area (Å²) in [6, 6.07) is 1.96. The van der Waals surface area contributed by atoms with E-state index in [4.69, 9.17) is 0 Å². The smallest absolute Gasteiger partial charge is 0.267 e. The van der Waals surface area contributed by atoms with Crippen molar-refractivity contribution in [1.29, 1.82) is 0 Å². The molecule has 0 aliphatic heterocycles. The van der Waals surface area contributed by atoms with E-state index in [9.17, 15) is 4.79 Å². The molecule has 2 N–H and O–H groups in total. The quantitative estimate of drug-likeness (QED) is 0.880. The molecule has 0 saturated heterocycles. The standard InChI is InChI=1S/C10H12BrN5O/c1-16-5-3-7(15-16)2-4-12-9-8(11)10(17)14-6-13-9/h3,5-6H,2,4H2,1H3,(H2,12,13,14,17). The molecular weight excluding hydrogens is 286 g/mol. The lowest BCUT2D eigenvalue weighted by Gasteiger charge is -2.04. The van der Waals surface area contributed by atoms with Crippen molar-refractivity contribution < 1.29 is 0 Å². The van der Waals surface area contributed by atoms with E-state index >= 15 is 0 Å². The van der Waals surface area contributed by atoms with E-state index < -0.39 is 0 Å². The van der Waals surface area contributed by atoms with Crippen molar-refractivity contribution in [2.75, 3.05) is 11.9 Å². The van der Waals surface area contributed by atoms with Gasteiger partial charge >= 0.3 is 0 Å². The molecule has 2 aromatic rings. The van der Waals surface area contributed by atoms with Gasteiger partial charge in [0.05, 0.1) is 12.0 Å². The average molecular weight is 298 g/mol. The van der Waals surface area contributed by atoms with Gasteiger partial charge in [0, 0.05) is 26.2 Å². The molecule has 0 aliphatic carbocycles. The molecule has 0 saturated carbocycles. The number of H-pyrrole nitrogens is 1. The number of halogens is 1. The first-order valence-corrected chi connectivity index (χ1v) is 5.91. The summed E-state index contributed by atoms with van der Waals surface area (Å²) in [6.45, 7) is 0.673. The third kappa shape index (κ3) is 2.94. The Morgan fingerprint density at radius 1 is 1.59 bits per heavy atom. The molecule has 0 aliphatic rings. The third-order valence-corrected chi connectivity index (χ3v) is 2.97. The highest BCUT2D eigenvalue weighted by atomic mass is 79.9. The molecule has 0 aromatic carbocycles. The SMILES string of the molecule is Cn1ccc(CCNc2nc[nH]c(=O)c2Br)n1. The summed E-state index contributed by atoms with van der Waals surface area (Å²) in [5, 5.41) is 7.34. The van der Waals surface area contributed by atoms with Crippen molar-refractivity contribution in [2.45, 2.75) is 6.42 Å². The lowest BCUT2D eigenvalue weighted by Crippen LogP contribution is -2.14. The van der Waals surface area contributed by atoms with Crippen LogP contribution in [0.5, 0.6) is 0 Å². The van der Waals surface area contributed by atoms with Crippen LogP contribution < -0.4 is 10.9 Å². The minimum Gasteiger partial charge on any atom is -0.369 e. The molecule has 0 unspecified atom stereocenters. The zero-order valence-corrected chi connectivity index (χ0v) is 10.9. The van der Waals surface area contributed by atoms with Gasteiger partial charge in [-0.1, -0.05) is 0 Å². The molecule has 6 nitrogen and oxygen atoms in total. The first kappa shape index (κ1) is 11.8. The number of rotatable bonds is 4. The Morgan fingerprint density at radius 2 is 2.41 bits per heavy atom. The maximum atomic E-state index is 11.3. The second-order valence-electron chi connectivity index (χ2n) is 3.55. The van der Waals surface area contributed by atoms with Crippen LogP contribution in [-0.4, -0.2) is 26.3 Å². The van der Waals surface area contributed by atoms with Crippen molar-refractivity contribution >= 4 is 21.7 Å². The van der Waals surface area contributed by atoms with Crippen molar-refractivity contribution in [3.8, 4) is 0 Å². The van der Waals surface area contributed by atoms with Crippen molar-refractivity contribution in [3.05, 3.63) is 39.1 Å². The van der Waals surface area contributed by atoms with Gasteiger partial charge in [0.15, 0.2) is 0 Å². The molecule has 2 rings (SSSR count). The predicted octanol–water partition coefficient (Wildman–Crippen LogP) is 0.920. The Morgan fingerprint density at radius 3 is 3.12 bits per heavy atom. The second-order valence-corrected chi connectivity index (χ2v) is 4.34. The Labute approximate surface area is 106 Å². The summed E-state index contributed by atoms with van der Waals surface area (Å²) in [6.07, 6.45) is 4.05. The first-order chi connectivity index (χ1) is 8.16. The molecule has 0 amide bonds. The number of aromatic nitrogens is 4. The van der Waals surface area contributed by atoms with Gasteiger partial charge in [-0.15, -0.1) is 0 Å². The van der Waals surface area contributed by atoms with E-state index in [2.05, 4.69) is 36.3 Å². The van der Waals surface area contributed by atoms with E-state index in [0.717, 1.165) is 12.1 Å². The molecule has 17 heavy (non-hydrogen) atoms. The van der Waals surface area contributed by atoms with Gasteiger partial charge in [0.1, 0.15) is 10.3 Å². The monoisotopic (exact) mass is 297 g/mol. The Hall–Kier alpha value is -1.63. The minimum absolute atomic E-state index is 0.194. The number of anilines is 1. The van der Waals surface area contributed by atoms with Crippen LogP contribution in [0.3, 0.4) is 0 Å². The summed E-state index contributed by atoms with van der Waals surface area (Å²) in [5.74, 6) is 0.546. The maximum absolute atomic E-state index is 11.3. The van der Waals surface area contributed by atoms with Crippen LogP contribution in [0.1, 0.15) is 5.69 Å². The number of aromatic amines is 1. The lowest BCUT2D eigenvalue weighted by atomic mass is 10.3. The van der Waals surface area contributed by atoms with Gasteiger partial charge in [-0.05, 0) is 22.0 Å². The Bertz CT molecular complexity index is 562. The summed E-state index contributed by atoms with van der Waals surface area (Å²) >= 11 is 3.18. The van der Waals surface area contributed by atoms with Crippen LogP contribution in [0.2, 0.25) is 0 Å². The molecular formula is C10H12BrN5O. The maximum Gasteiger partial charge on any atom is 0.267 e. The van der Waals surface area contributed by atoms with Gasteiger partial charge in [-0.3, -0.25) is 9.48 Å². The number of aryl methyl sites for hydroxylation is 1. The summed E-state index contributed by atoms with van der Waals surface area (Å²) in [4.78, 5) is 17.8. The van der Waals surface area contributed by atoms with Crippen LogP contribution in [0.25, 0.3) is 0 Å². The zero-order chi connectivity index (χ0) is 12.3. The van der Waals surface area contributed by atoms with E-state index in [1.165, 1.54) is 6.33 Å². The molecule has 0 radical (unpaired) electrons. The number of hydrogen-bond acceptors (Lipinski definition) is 4. The fraction of sp³-hybridized carbons (Fsp3) is 0.300. The van der Waals surface area contributed by atoms with Crippen LogP contribution in [0, 0.1) is 0 Å². The van der Waals surface area contributed by atoms with E-state index in [0.29, 0.717) is 16.8 Å². The van der Waals surface area contributed by atoms with Gasteiger partial charge < -0.3 is 10.3 Å². The summed E-state index contributed by atoms with van der Waals surface area (Å²) in [5.41, 5.74) is 0.807. The van der Waals surface area contributed by atoms with Crippen molar-refractivity contribution in [3.63, 3.8) is 0 Å². The van der Waals surface area contributed by atoms with E-state index in [1.807, 2.05) is 19.3 Å². The van der Waals surface area contributed by atoms with Gasteiger partial charge in [-0.2, -0.15) is 5.10 Å². The van der Waals surface area contributed by atoms with Crippen molar-refractivity contribution in [2.24, 2.45) is 7.05 Å². The molecule has 2 heterocycles. The van der Waals surface area contributed by atoms with E-state index in [1.54, 1.807) is 4.68 Å². The average Bonchev–Trinajstić information content (AvgIpc) is 2.70. The zero-order valence-electron chi connectivity index (χ0n) is 9.27. The van der Waals surface area contributed by atoms with Gasteiger partial charge in [-0.25, -0.2) is 4.98 Å². The normalized spacial score (nSPS) is 10.5. The third-order valence-electron chi connectivity index (χ3n) is 2.24. The highest BCUT2D eigenvalue weighted by Crippen LogP contribution is 2.12. The molecule has 90 valence electrons. The molecule has 0 atom stereocenters. The Balaban J connectivity index is 1.94. The molecule has 7 heteroatoms. The van der Waals surface area contributed by atoms with Crippen LogP contribution in [0.4, 0.5) is 5.82 Å².